The third-order valence-electron chi connectivity index (χ3n) is 9.18. The van der Waals surface area contributed by atoms with Gasteiger partial charge >= 0.3 is 6.09 Å². The zero-order valence-corrected chi connectivity index (χ0v) is 27.9. The molecule has 0 aromatic heterocycles. The predicted molar refractivity (Wildman–Crippen MR) is 170 cm³/mol. The first-order valence-electron chi connectivity index (χ1n) is 15.5. The van der Waals surface area contributed by atoms with Gasteiger partial charge in [0.15, 0.2) is 0 Å². The Balaban J connectivity index is 1.63. The number of nitrogens with one attached hydrogen (secondary N) is 3. The lowest BCUT2D eigenvalue weighted by Gasteiger charge is -2.55. The van der Waals surface area contributed by atoms with Gasteiger partial charge in [-0.3, -0.25) is 9.59 Å². The molecule has 9 nitrogen and oxygen atoms in total. The number of rotatable bonds is 7. The molecule has 239 valence electrons. The third-order valence-corrected chi connectivity index (χ3v) is 9.18. The van der Waals surface area contributed by atoms with E-state index in [0.29, 0.717) is 0 Å². The number of hydrogen-bond acceptors (Lipinski definition) is 5. The molecule has 1 radical (unpaired) electrons. The number of piperidine rings is 1. The second-order valence-electron chi connectivity index (χ2n) is 15.3. The van der Waals surface area contributed by atoms with Gasteiger partial charge in [0.1, 0.15) is 17.7 Å². The van der Waals surface area contributed by atoms with Crippen LogP contribution in [0, 0.1) is 5.92 Å². The number of carbonyl (C=O) groups excluding carboxylic acids is 3. The highest BCUT2D eigenvalue weighted by Gasteiger charge is 2.58. The molecule has 0 spiro atoms. The second-order valence-corrected chi connectivity index (χ2v) is 15.3. The summed E-state index contributed by atoms with van der Waals surface area (Å²) in [5, 5.41) is 23.2. The summed E-state index contributed by atoms with van der Waals surface area (Å²) in [6, 6.07) is 16.1. The van der Waals surface area contributed by atoms with E-state index in [2.05, 4.69) is 28.1 Å². The molecule has 1 atom stereocenters. The minimum atomic E-state index is -1.52. The lowest BCUT2D eigenvalue weighted by molar-refractivity contribution is -0.295. The molecule has 2 aromatic rings. The van der Waals surface area contributed by atoms with Crippen LogP contribution in [0.2, 0.25) is 0 Å². The molecule has 0 saturated carbocycles. The van der Waals surface area contributed by atoms with Gasteiger partial charge in [-0.15, -0.1) is 10.3 Å². The van der Waals surface area contributed by atoms with Crippen LogP contribution in [0.25, 0.3) is 11.1 Å². The highest BCUT2D eigenvalue weighted by Crippen LogP contribution is 2.45. The highest BCUT2D eigenvalue weighted by molar-refractivity contribution is 5.96. The predicted octanol–water partition coefficient (Wildman–Crippen LogP) is 5.71. The molecule has 0 bridgehead atoms. The Kier molecular flexibility index (Phi) is 8.74. The van der Waals surface area contributed by atoms with Gasteiger partial charge in [0.25, 0.3) is 0 Å². The molecule has 1 aliphatic heterocycles. The second kappa shape index (κ2) is 11.5. The number of alkyl carbamates (subject to hydrolysis) is 1. The number of hydrogen-bond donors (Lipinski definition) is 3. The molecule has 2 aliphatic rings. The normalized spacial score (nSPS) is 20.2. The van der Waals surface area contributed by atoms with Gasteiger partial charge in [0.05, 0.1) is 0 Å². The van der Waals surface area contributed by atoms with E-state index < -0.39 is 39.7 Å². The maximum Gasteiger partial charge on any atom is 0.408 e. The fourth-order valence-corrected chi connectivity index (χ4v) is 6.93. The van der Waals surface area contributed by atoms with Crippen molar-refractivity contribution in [3.05, 3.63) is 59.7 Å². The van der Waals surface area contributed by atoms with Gasteiger partial charge in [-0.05, 0) is 96.4 Å². The van der Waals surface area contributed by atoms with Crippen LogP contribution >= 0.6 is 0 Å². The van der Waals surface area contributed by atoms with Crippen molar-refractivity contribution in [2.45, 2.75) is 116 Å². The van der Waals surface area contributed by atoms with Crippen molar-refractivity contribution in [1.29, 1.82) is 0 Å². The number of nitrogens with zero attached hydrogens (tertiary/aromatic N) is 1. The van der Waals surface area contributed by atoms with Crippen LogP contribution in [0.15, 0.2) is 48.5 Å². The Morgan fingerprint density at radius 2 is 1.34 bits per heavy atom. The summed E-state index contributed by atoms with van der Waals surface area (Å²) in [5.41, 5.74) is -0.955. The van der Waals surface area contributed by atoms with E-state index >= 15 is 0 Å². The van der Waals surface area contributed by atoms with Crippen LogP contribution in [-0.4, -0.2) is 57.3 Å². The largest absolute Gasteiger partial charge is 0.449 e. The number of carbonyl (C=O) groups is 3. The van der Waals surface area contributed by atoms with Crippen molar-refractivity contribution in [2.75, 3.05) is 6.61 Å². The quantitative estimate of drug-likeness (QED) is 0.374. The Labute approximate surface area is 262 Å². The van der Waals surface area contributed by atoms with Gasteiger partial charge in [0.2, 0.25) is 11.8 Å². The minimum Gasteiger partial charge on any atom is -0.449 e. The topological polar surface area (TPSA) is 120 Å². The smallest absolute Gasteiger partial charge is 0.408 e. The van der Waals surface area contributed by atoms with Crippen molar-refractivity contribution in [3.63, 3.8) is 0 Å². The molecule has 3 N–H and O–H groups in total. The molecule has 4 rings (SSSR count). The number of benzene rings is 2. The maximum absolute atomic E-state index is 14.4. The van der Waals surface area contributed by atoms with Gasteiger partial charge < -0.3 is 20.7 Å². The van der Waals surface area contributed by atoms with Crippen LogP contribution in [0.1, 0.15) is 99.1 Å². The lowest BCUT2D eigenvalue weighted by atomic mass is 9.69. The summed E-state index contributed by atoms with van der Waals surface area (Å²) >= 11 is 0. The van der Waals surface area contributed by atoms with Crippen molar-refractivity contribution in [1.82, 2.24) is 21.0 Å². The summed E-state index contributed by atoms with van der Waals surface area (Å²) in [6.45, 7) is 18.2. The first kappa shape index (κ1) is 33.5. The molecule has 1 heterocycles. The Hall–Kier alpha value is -3.43. The van der Waals surface area contributed by atoms with Crippen LogP contribution in [0.5, 0.6) is 0 Å². The van der Waals surface area contributed by atoms with Gasteiger partial charge in [0, 0.05) is 22.5 Å². The van der Waals surface area contributed by atoms with Crippen molar-refractivity contribution in [2.24, 2.45) is 5.92 Å². The zero-order valence-electron chi connectivity index (χ0n) is 27.9. The molecule has 2 aromatic carbocycles. The van der Waals surface area contributed by atoms with Crippen LogP contribution in [-0.2, 0) is 19.5 Å². The monoisotopic (exact) mass is 605 g/mol. The first-order valence-corrected chi connectivity index (χ1v) is 15.5. The van der Waals surface area contributed by atoms with Crippen molar-refractivity contribution >= 4 is 17.9 Å². The first-order chi connectivity index (χ1) is 20.2. The number of ether oxygens (including phenoxy) is 1. The summed E-state index contributed by atoms with van der Waals surface area (Å²) < 4.78 is 5.87. The molecule has 0 unspecified atom stereocenters. The molecular formula is C35H49N4O5. The van der Waals surface area contributed by atoms with Crippen LogP contribution < -0.4 is 16.0 Å². The van der Waals surface area contributed by atoms with E-state index in [4.69, 9.17) is 4.74 Å². The molecule has 44 heavy (non-hydrogen) atoms. The Morgan fingerprint density at radius 3 is 1.80 bits per heavy atom. The molecule has 9 heteroatoms. The highest BCUT2D eigenvalue weighted by atomic mass is 16.5. The van der Waals surface area contributed by atoms with Gasteiger partial charge in [-0.2, -0.15) is 0 Å². The Morgan fingerprint density at radius 1 is 0.864 bits per heavy atom. The number of amides is 3. The molecule has 3 amide bonds. The summed E-state index contributed by atoms with van der Waals surface area (Å²) in [6.07, 6.45) is -0.700. The lowest BCUT2D eigenvalue weighted by Crippen LogP contribution is -2.75. The molecule has 1 aliphatic carbocycles. The van der Waals surface area contributed by atoms with E-state index in [9.17, 15) is 19.6 Å². The van der Waals surface area contributed by atoms with E-state index in [1.165, 1.54) is 0 Å². The van der Waals surface area contributed by atoms with E-state index in [0.717, 1.165) is 27.3 Å². The SMILES string of the molecule is CC(C)[C@@](C)(NC(=O)C1(NC(=O)OCC2c3ccccc3-c3ccccc32)CC(C)(C)N([O])C(C)(C)C1)C(=O)NC(C)(C)C. The fraction of sp³-hybridized carbons (Fsp3) is 0.571. The minimum absolute atomic E-state index is 0.0258. The van der Waals surface area contributed by atoms with Crippen molar-refractivity contribution in [3.8, 4) is 11.1 Å². The van der Waals surface area contributed by atoms with Gasteiger partial charge in [-0.25, -0.2) is 4.79 Å². The van der Waals surface area contributed by atoms with Gasteiger partial charge in [-0.1, -0.05) is 62.4 Å². The standard InChI is InChI=1S/C35H49N4O5/c1-22(2)34(10,28(40)36-31(3,4)5)37-29(41)35(20-32(6,7)39(43)33(8,9)21-35)38-30(42)44-19-27-25-17-13-11-15-23(25)24-16-12-14-18-26(24)27/h11-18,22,27H,19-21H2,1-10H3,(H,36,40)(H,37,41)(H,38,42)/t34-/m1/s1. The summed E-state index contributed by atoms with van der Waals surface area (Å²) in [5.74, 6) is -1.29. The van der Waals surface area contributed by atoms with Crippen LogP contribution in [0.4, 0.5) is 4.79 Å². The summed E-state index contributed by atoms with van der Waals surface area (Å²) in [7, 11) is 0. The molecule has 1 saturated heterocycles. The maximum atomic E-state index is 14.4. The average molecular weight is 606 g/mol. The number of fused-ring (bicyclic) bond motifs is 3. The molecular weight excluding hydrogens is 556 g/mol. The summed E-state index contributed by atoms with van der Waals surface area (Å²) in [4.78, 5) is 41.6. The van der Waals surface area contributed by atoms with Crippen LogP contribution in [0.3, 0.4) is 0 Å². The molecule has 1 fully saturated rings. The third kappa shape index (κ3) is 6.35. The van der Waals surface area contributed by atoms with E-state index in [-0.39, 0.29) is 37.2 Å². The van der Waals surface area contributed by atoms with E-state index in [1.54, 1.807) is 34.6 Å². The fourth-order valence-electron chi connectivity index (χ4n) is 6.93. The average Bonchev–Trinajstić information content (AvgIpc) is 3.22. The Bertz CT molecular complexity index is 1360. The van der Waals surface area contributed by atoms with Crippen molar-refractivity contribution < 1.29 is 24.3 Å². The number of hydroxylamine groups is 2. The van der Waals surface area contributed by atoms with E-state index in [1.807, 2.05) is 71.0 Å². The zero-order chi connectivity index (χ0) is 32.9.